The number of aromatic nitrogens is 2. The van der Waals surface area contributed by atoms with Crippen LogP contribution in [0.2, 0.25) is 5.02 Å². The Balaban J connectivity index is 1.90. The zero-order valence-electron chi connectivity index (χ0n) is 13.6. The Labute approximate surface area is 138 Å². The molecule has 118 valence electrons. The molecular weight excluding hydrogens is 294 g/mol. The van der Waals surface area contributed by atoms with Gasteiger partial charge in [-0.25, -0.2) is 0 Å². The van der Waals surface area contributed by atoms with Crippen LogP contribution in [0, 0.1) is 6.92 Å². The second-order valence-corrected chi connectivity index (χ2v) is 5.96. The Morgan fingerprint density at radius 1 is 1.09 bits per heavy atom. The number of nitrogens with zero attached hydrogens (tertiary/aromatic N) is 2. The summed E-state index contributed by atoms with van der Waals surface area (Å²) in [6, 6.07) is 6.15. The molecule has 0 aliphatic rings. The van der Waals surface area contributed by atoms with Crippen LogP contribution in [0.4, 0.5) is 0 Å². The highest BCUT2D eigenvalue weighted by Gasteiger charge is 2.05. The van der Waals surface area contributed by atoms with Crippen molar-refractivity contribution < 1.29 is 0 Å². The Kier molecular flexibility index (Phi) is 6.34. The molecule has 1 N–H and O–H groups in total. The highest BCUT2D eigenvalue weighted by atomic mass is 35.5. The van der Waals surface area contributed by atoms with Crippen LogP contribution in [-0.4, -0.2) is 16.5 Å². The van der Waals surface area contributed by atoms with Crippen molar-refractivity contribution in [2.45, 2.75) is 46.6 Å². The highest BCUT2D eigenvalue weighted by Crippen LogP contribution is 2.14. The highest BCUT2D eigenvalue weighted by molar-refractivity contribution is 6.30. The lowest BCUT2D eigenvalue weighted by Gasteiger charge is -2.10. The zero-order valence-corrected chi connectivity index (χ0v) is 14.4. The van der Waals surface area contributed by atoms with Gasteiger partial charge in [0.25, 0.3) is 0 Å². The predicted molar refractivity (Wildman–Crippen MR) is 92.4 cm³/mol. The van der Waals surface area contributed by atoms with Gasteiger partial charge < -0.3 is 5.32 Å². The summed E-state index contributed by atoms with van der Waals surface area (Å²) in [5, 5.41) is 4.26. The second kappa shape index (κ2) is 8.25. The fourth-order valence-electron chi connectivity index (χ4n) is 2.51. The molecule has 0 aliphatic carbocycles. The van der Waals surface area contributed by atoms with Crippen LogP contribution in [0.15, 0.2) is 24.4 Å². The minimum Gasteiger partial charge on any atom is -0.312 e. The molecule has 0 amide bonds. The van der Waals surface area contributed by atoms with E-state index in [2.05, 4.69) is 37.1 Å². The van der Waals surface area contributed by atoms with E-state index in [0.29, 0.717) is 0 Å². The molecule has 0 atom stereocenters. The molecule has 2 rings (SSSR count). The van der Waals surface area contributed by atoms with E-state index in [9.17, 15) is 0 Å². The van der Waals surface area contributed by atoms with E-state index in [-0.39, 0.29) is 0 Å². The summed E-state index contributed by atoms with van der Waals surface area (Å²) in [5.41, 5.74) is 5.71. The minimum absolute atomic E-state index is 0.798. The smallest absolute Gasteiger partial charge is 0.0634 e. The number of nitrogens with one attached hydrogen (secondary N) is 1. The van der Waals surface area contributed by atoms with E-state index >= 15 is 0 Å². The summed E-state index contributed by atoms with van der Waals surface area (Å²) < 4.78 is 0. The third kappa shape index (κ3) is 4.79. The maximum Gasteiger partial charge on any atom is 0.0634 e. The third-order valence-electron chi connectivity index (χ3n) is 3.65. The first-order chi connectivity index (χ1) is 10.6. The normalized spacial score (nSPS) is 10.9. The molecule has 1 aromatic carbocycles. The fourth-order valence-corrected chi connectivity index (χ4v) is 2.83. The first kappa shape index (κ1) is 16.9. The minimum atomic E-state index is 0.798. The standard InChI is InChI=1S/C18H24ClN3/c1-4-16-12-21-17(5-2)18(22-16)6-7-20-11-14-8-13(3)9-15(19)10-14/h8-10,12,20H,4-7,11H2,1-3H3. The van der Waals surface area contributed by atoms with Gasteiger partial charge in [0.2, 0.25) is 0 Å². The number of aryl methyl sites for hydroxylation is 3. The largest absolute Gasteiger partial charge is 0.312 e. The summed E-state index contributed by atoms with van der Waals surface area (Å²) >= 11 is 6.09. The van der Waals surface area contributed by atoms with E-state index in [4.69, 9.17) is 16.6 Å². The van der Waals surface area contributed by atoms with Crippen molar-refractivity contribution in [3.63, 3.8) is 0 Å². The molecule has 22 heavy (non-hydrogen) atoms. The van der Waals surface area contributed by atoms with Gasteiger partial charge in [-0.2, -0.15) is 0 Å². The Bertz CT molecular complexity index is 605. The monoisotopic (exact) mass is 317 g/mol. The van der Waals surface area contributed by atoms with Crippen molar-refractivity contribution in [2.75, 3.05) is 6.54 Å². The Morgan fingerprint density at radius 2 is 1.91 bits per heavy atom. The van der Waals surface area contributed by atoms with Crippen LogP contribution < -0.4 is 5.32 Å². The van der Waals surface area contributed by atoms with Crippen LogP contribution in [0.5, 0.6) is 0 Å². The molecule has 0 bridgehead atoms. The van der Waals surface area contributed by atoms with Gasteiger partial charge in [-0.3, -0.25) is 9.97 Å². The first-order valence-electron chi connectivity index (χ1n) is 7.92. The van der Waals surface area contributed by atoms with E-state index < -0.39 is 0 Å². The van der Waals surface area contributed by atoms with E-state index in [1.807, 2.05) is 18.3 Å². The van der Waals surface area contributed by atoms with Crippen molar-refractivity contribution in [2.24, 2.45) is 0 Å². The zero-order chi connectivity index (χ0) is 15.9. The van der Waals surface area contributed by atoms with Crippen molar-refractivity contribution in [3.8, 4) is 0 Å². The number of hydrogen-bond donors (Lipinski definition) is 1. The topological polar surface area (TPSA) is 37.8 Å². The van der Waals surface area contributed by atoms with E-state index in [1.54, 1.807) is 0 Å². The van der Waals surface area contributed by atoms with Crippen molar-refractivity contribution in [3.05, 3.63) is 57.6 Å². The lowest BCUT2D eigenvalue weighted by atomic mass is 10.1. The molecular formula is C18H24ClN3. The van der Waals surface area contributed by atoms with Crippen LogP contribution in [0.1, 0.15) is 42.1 Å². The SMILES string of the molecule is CCc1cnc(CC)c(CCNCc2cc(C)cc(Cl)c2)n1. The van der Waals surface area contributed by atoms with E-state index in [0.717, 1.165) is 54.5 Å². The lowest BCUT2D eigenvalue weighted by Crippen LogP contribution is -2.18. The average molecular weight is 318 g/mol. The summed E-state index contributed by atoms with van der Waals surface area (Å²) in [6.07, 6.45) is 4.66. The van der Waals surface area contributed by atoms with Crippen molar-refractivity contribution >= 4 is 11.6 Å². The van der Waals surface area contributed by atoms with Gasteiger partial charge in [-0.15, -0.1) is 0 Å². The molecule has 3 nitrogen and oxygen atoms in total. The molecule has 0 fully saturated rings. The second-order valence-electron chi connectivity index (χ2n) is 5.53. The van der Waals surface area contributed by atoms with Gasteiger partial charge in [0, 0.05) is 30.7 Å². The third-order valence-corrected chi connectivity index (χ3v) is 3.87. The maximum atomic E-state index is 6.09. The molecule has 0 saturated heterocycles. The number of hydrogen-bond acceptors (Lipinski definition) is 3. The molecule has 2 aromatic rings. The molecule has 0 spiro atoms. The molecule has 0 unspecified atom stereocenters. The lowest BCUT2D eigenvalue weighted by molar-refractivity contribution is 0.670. The maximum absolute atomic E-state index is 6.09. The van der Waals surface area contributed by atoms with Crippen LogP contribution in [-0.2, 0) is 25.8 Å². The number of halogens is 1. The van der Waals surface area contributed by atoms with E-state index in [1.165, 1.54) is 11.1 Å². The Hall–Kier alpha value is -1.45. The molecule has 4 heteroatoms. The molecule has 1 heterocycles. The molecule has 0 aliphatic heterocycles. The average Bonchev–Trinajstić information content (AvgIpc) is 2.50. The quantitative estimate of drug-likeness (QED) is 0.787. The van der Waals surface area contributed by atoms with Gasteiger partial charge >= 0.3 is 0 Å². The summed E-state index contributed by atoms with van der Waals surface area (Å²) in [4.78, 5) is 9.23. The van der Waals surface area contributed by atoms with Gasteiger partial charge in [-0.1, -0.05) is 31.5 Å². The summed E-state index contributed by atoms with van der Waals surface area (Å²) in [5.74, 6) is 0. The number of rotatable bonds is 7. The number of benzene rings is 1. The van der Waals surface area contributed by atoms with Crippen LogP contribution in [0.3, 0.4) is 0 Å². The molecule has 1 aromatic heterocycles. The fraction of sp³-hybridized carbons (Fsp3) is 0.444. The molecule has 0 radical (unpaired) electrons. The van der Waals surface area contributed by atoms with Crippen molar-refractivity contribution in [1.29, 1.82) is 0 Å². The van der Waals surface area contributed by atoms with Gasteiger partial charge in [0.1, 0.15) is 0 Å². The Morgan fingerprint density at radius 3 is 2.59 bits per heavy atom. The van der Waals surface area contributed by atoms with Crippen molar-refractivity contribution in [1.82, 2.24) is 15.3 Å². The van der Waals surface area contributed by atoms with Crippen LogP contribution >= 0.6 is 11.6 Å². The summed E-state index contributed by atoms with van der Waals surface area (Å²) in [6.45, 7) is 8.01. The first-order valence-corrected chi connectivity index (χ1v) is 8.30. The van der Waals surface area contributed by atoms with Crippen LogP contribution in [0.25, 0.3) is 0 Å². The van der Waals surface area contributed by atoms with Gasteiger partial charge in [0.05, 0.1) is 17.1 Å². The summed E-state index contributed by atoms with van der Waals surface area (Å²) in [7, 11) is 0. The van der Waals surface area contributed by atoms with Gasteiger partial charge in [0.15, 0.2) is 0 Å². The predicted octanol–water partition coefficient (Wildman–Crippen LogP) is 3.90. The molecule has 0 saturated carbocycles. The van der Waals surface area contributed by atoms with Gasteiger partial charge in [-0.05, 0) is 43.0 Å².